The number of carbonyl (C=O) groups excluding carboxylic acids is 3. The first kappa shape index (κ1) is 25.5. The number of nitrogens with zero attached hydrogens (tertiary/aromatic N) is 1. The van der Waals surface area contributed by atoms with Gasteiger partial charge < -0.3 is 25.4 Å². The van der Waals surface area contributed by atoms with Gasteiger partial charge in [0.05, 0.1) is 11.8 Å². The van der Waals surface area contributed by atoms with Gasteiger partial charge in [-0.15, -0.1) is 0 Å². The molecule has 1 atom stereocenters. The number of nitrogens with one attached hydrogen (secondary N) is 2. The predicted octanol–water partition coefficient (Wildman–Crippen LogP) is 3.48. The lowest BCUT2D eigenvalue weighted by Crippen LogP contribution is -2.42. The van der Waals surface area contributed by atoms with Crippen LogP contribution in [0.1, 0.15) is 30.1 Å². The summed E-state index contributed by atoms with van der Waals surface area (Å²) < 4.78 is 18.7. The monoisotopic (exact) mass is 491 g/mol. The highest BCUT2D eigenvalue weighted by atomic mass is 35.5. The molecule has 34 heavy (non-hydrogen) atoms. The van der Waals surface area contributed by atoms with Gasteiger partial charge in [0.15, 0.2) is 12.4 Å². The average molecular weight is 492 g/mol. The Kier molecular flexibility index (Phi) is 8.84. The largest absolute Gasteiger partial charge is 0.482 e. The van der Waals surface area contributed by atoms with Gasteiger partial charge in [-0.05, 0) is 62.2 Å². The number of halogens is 2. The molecular weight excluding hydrogens is 465 g/mol. The molecule has 0 spiro atoms. The number of hydrogen-bond donors (Lipinski definition) is 3. The molecule has 3 amide bonds. The fraction of sp³-hybridized carbons (Fsp3) is 0.375. The number of hydrogen-bond acceptors (Lipinski definition) is 5. The van der Waals surface area contributed by atoms with Crippen LogP contribution in [0, 0.1) is 11.7 Å². The Morgan fingerprint density at radius 2 is 1.85 bits per heavy atom. The summed E-state index contributed by atoms with van der Waals surface area (Å²) in [6.07, 6.45) is 0.326. The van der Waals surface area contributed by atoms with E-state index in [2.05, 4.69) is 10.6 Å². The van der Waals surface area contributed by atoms with E-state index in [-0.39, 0.29) is 42.2 Å². The number of piperidine rings is 1. The first-order chi connectivity index (χ1) is 16.2. The molecule has 0 aromatic heterocycles. The van der Waals surface area contributed by atoms with E-state index in [9.17, 15) is 23.9 Å². The lowest BCUT2D eigenvalue weighted by atomic mass is 9.89. The quantitative estimate of drug-likeness (QED) is 0.490. The summed E-state index contributed by atoms with van der Waals surface area (Å²) in [5.41, 5.74) is 0.752. The number of ketones is 1. The third kappa shape index (κ3) is 7.16. The average Bonchev–Trinajstić information content (AvgIpc) is 2.82. The van der Waals surface area contributed by atoms with Crippen LogP contribution in [0.5, 0.6) is 5.75 Å². The molecule has 2 aromatic carbocycles. The van der Waals surface area contributed by atoms with Crippen LogP contribution < -0.4 is 15.4 Å². The molecule has 0 saturated carbocycles. The molecule has 1 aliphatic heterocycles. The number of aliphatic hydroxyl groups excluding tert-OH is 1. The van der Waals surface area contributed by atoms with E-state index < -0.39 is 18.0 Å². The molecule has 1 saturated heterocycles. The highest BCUT2D eigenvalue weighted by Crippen LogP contribution is 2.28. The standard InChI is InChI=1S/C24H27ClFN3O5/c1-15(30)13-27-24(33)28-20-12-18(25)4-7-21(20)34-14-22(31)29-10-8-17(9-11-29)23(32)16-2-5-19(26)6-3-16/h2-7,12,15,17,30H,8-11,13-14H2,1H3,(H2,27,28,33)/t15-/m1/s1. The number of Topliss-reactive ketones (excluding diaryl/α,β-unsaturated/α-hetero) is 1. The Balaban J connectivity index is 1.52. The van der Waals surface area contributed by atoms with E-state index in [4.69, 9.17) is 16.3 Å². The summed E-state index contributed by atoms with van der Waals surface area (Å²) in [4.78, 5) is 38.9. The maximum atomic E-state index is 13.1. The van der Waals surface area contributed by atoms with Crippen LogP contribution in [-0.2, 0) is 4.79 Å². The number of anilines is 1. The normalized spacial score (nSPS) is 14.9. The highest BCUT2D eigenvalue weighted by Gasteiger charge is 2.28. The number of urea groups is 1. The molecule has 1 heterocycles. The summed E-state index contributed by atoms with van der Waals surface area (Å²) in [6, 6.07) is 9.56. The topological polar surface area (TPSA) is 108 Å². The SMILES string of the molecule is C[C@@H](O)CNC(=O)Nc1cc(Cl)ccc1OCC(=O)N1CCC(C(=O)c2ccc(F)cc2)CC1. The zero-order valence-electron chi connectivity index (χ0n) is 18.7. The third-order valence-corrected chi connectivity index (χ3v) is 5.68. The zero-order valence-corrected chi connectivity index (χ0v) is 19.5. The first-order valence-electron chi connectivity index (χ1n) is 11.0. The highest BCUT2D eigenvalue weighted by molar-refractivity contribution is 6.31. The van der Waals surface area contributed by atoms with Gasteiger partial charge in [0.25, 0.3) is 5.91 Å². The van der Waals surface area contributed by atoms with Crippen LogP contribution >= 0.6 is 11.6 Å². The molecule has 8 nitrogen and oxygen atoms in total. The minimum Gasteiger partial charge on any atom is -0.482 e. The molecule has 2 aromatic rings. The number of carbonyl (C=O) groups is 3. The molecule has 0 unspecified atom stereocenters. The van der Waals surface area contributed by atoms with E-state index in [0.29, 0.717) is 36.5 Å². The Morgan fingerprint density at radius 1 is 1.18 bits per heavy atom. The number of rotatable bonds is 8. The number of likely N-dealkylation sites (tertiary alicyclic amines) is 1. The second kappa shape index (κ2) is 11.8. The van der Waals surface area contributed by atoms with Crippen molar-refractivity contribution in [2.75, 3.05) is 31.6 Å². The van der Waals surface area contributed by atoms with E-state index in [1.807, 2.05) is 0 Å². The van der Waals surface area contributed by atoms with Gasteiger partial charge in [0.1, 0.15) is 11.6 Å². The first-order valence-corrected chi connectivity index (χ1v) is 11.3. The second-order valence-corrected chi connectivity index (χ2v) is 8.58. The Hall–Kier alpha value is -3.17. The lowest BCUT2D eigenvalue weighted by molar-refractivity contribution is -0.134. The number of aliphatic hydroxyl groups is 1. The minimum absolute atomic E-state index is 0.0471. The van der Waals surface area contributed by atoms with Crippen LogP contribution in [0.25, 0.3) is 0 Å². The lowest BCUT2D eigenvalue weighted by Gasteiger charge is -2.31. The summed E-state index contributed by atoms with van der Waals surface area (Å²) in [5, 5.41) is 14.8. The zero-order chi connectivity index (χ0) is 24.7. The number of benzene rings is 2. The molecule has 10 heteroatoms. The van der Waals surface area contributed by atoms with E-state index in [0.717, 1.165) is 0 Å². The van der Waals surface area contributed by atoms with Crippen molar-refractivity contribution in [1.82, 2.24) is 10.2 Å². The smallest absolute Gasteiger partial charge is 0.319 e. The van der Waals surface area contributed by atoms with Gasteiger partial charge in [-0.1, -0.05) is 11.6 Å². The Labute approximate surface area is 202 Å². The molecule has 3 N–H and O–H groups in total. The molecule has 0 bridgehead atoms. The van der Waals surface area contributed by atoms with Gasteiger partial charge in [-0.3, -0.25) is 9.59 Å². The maximum absolute atomic E-state index is 13.1. The molecule has 1 aliphatic rings. The van der Waals surface area contributed by atoms with Crippen molar-refractivity contribution < 1.29 is 28.6 Å². The Morgan fingerprint density at radius 3 is 2.50 bits per heavy atom. The summed E-state index contributed by atoms with van der Waals surface area (Å²) in [7, 11) is 0. The maximum Gasteiger partial charge on any atom is 0.319 e. The molecule has 1 fully saturated rings. The van der Waals surface area contributed by atoms with Crippen molar-refractivity contribution in [2.45, 2.75) is 25.9 Å². The molecule has 3 rings (SSSR count). The van der Waals surface area contributed by atoms with Gasteiger partial charge in [0.2, 0.25) is 0 Å². The van der Waals surface area contributed by atoms with E-state index >= 15 is 0 Å². The van der Waals surface area contributed by atoms with Crippen LogP contribution in [0.2, 0.25) is 5.02 Å². The van der Waals surface area contributed by atoms with Gasteiger partial charge in [0, 0.05) is 36.1 Å². The summed E-state index contributed by atoms with van der Waals surface area (Å²) in [5.74, 6) is -0.633. The van der Waals surface area contributed by atoms with E-state index in [1.165, 1.54) is 30.3 Å². The number of amides is 3. The Bertz CT molecular complexity index is 1020. The minimum atomic E-state index is -0.700. The predicted molar refractivity (Wildman–Crippen MR) is 126 cm³/mol. The van der Waals surface area contributed by atoms with Gasteiger partial charge in [-0.2, -0.15) is 0 Å². The van der Waals surface area contributed by atoms with Crippen molar-refractivity contribution >= 4 is 35.0 Å². The van der Waals surface area contributed by atoms with Crippen molar-refractivity contribution in [3.63, 3.8) is 0 Å². The van der Waals surface area contributed by atoms with Gasteiger partial charge in [-0.25, -0.2) is 9.18 Å². The molecule has 0 aliphatic carbocycles. The second-order valence-electron chi connectivity index (χ2n) is 8.14. The summed E-state index contributed by atoms with van der Waals surface area (Å²) in [6.45, 7) is 2.19. The van der Waals surface area contributed by atoms with Gasteiger partial charge >= 0.3 is 6.03 Å². The molecule has 0 radical (unpaired) electrons. The fourth-order valence-electron chi connectivity index (χ4n) is 3.60. The molecular formula is C24H27ClFN3O5. The van der Waals surface area contributed by atoms with Crippen molar-refractivity contribution in [3.05, 3.63) is 58.9 Å². The third-order valence-electron chi connectivity index (χ3n) is 5.45. The van der Waals surface area contributed by atoms with Crippen molar-refractivity contribution in [2.24, 2.45) is 5.92 Å². The summed E-state index contributed by atoms with van der Waals surface area (Å²) >= 11 is 6.01. The van der Waals surface area contributed by atoms with Crippen LogP contribution in [0.15, 0.2) is 42.5 Å². The van der Waals surface area contributed by atoms with Crippen molar-refractivity contribution in [3.8, 4) is 5.75 Å². The van der Waals surface area contributed by atoms with Crippen molar-refractivity contribution in [1.29, 1.82) is 0 Å². The number of ether oxygens (including phenoxy) is 1. The van der Waals surface area contributed by atoms with Crippen LogP contribution in [0.3, 0.4) is 0 Å². The molecule has 182 valence electrons. The fourth-order valence-corrected chi connectivity index (χ4v) is 3.78. The van der Waals surface area contributed by atoms with Crippen LogP contribution in [-0.4, -0.2) is 60.1 Å². The van der Waals surface area contributed by atoms with Crippen LogP contribution in [0.4, 0.5) is 14.9 Å². The van der Waals surface area contributed by atoms with E-state index in [1.54, 1.807) is 24.0 Å².